The zero-order chi connectivity index (χ0) is 11.5. The number of ether oxygens (including phenoxy) is 2. The van der Waals surface area contributed by atoms with E-state index >= 15 is 0 Å². The van der Waals surface area contributed by atoms with Crippen molar-refractivity contribution in [1.29, 1.82) is 0 Å². The summed E-state index contributed by atoms with van der Waals surface area (Å²) < 4.78 is 11.0. The van der Waals surface area contributed by atoms with Crippen molar-refractivity contribution in [3.05, 3.63) is 35.4 Å². The Morgan fingerprint density at radius 3 is 3.06 bits per heavy atom. The summed E-state index contributed by atoms with van der Waals surface area (Å²) in [5, 5.41) is 0. The summed E-state index contributed by atoms with van der Waals surface area (Å²) in [5.41, 5.74) is 8.96. The molecule has 0 saturated carbocycles. The highest BCUT2D eigenvalue weighted by Gasteiger charge is 2.18. The van der Waals surface area contributed by atoms with E-state index in [-0.39, 0.29) is 0 Å². The first kappa shape index (κ1) is 11.0. The van der Waals surface area contributed by atoms with Gasteiger partial charge in [0.15, 0.2) is 0 Å². The average Bonchev–Trinajstić information content (AvgIpc) is 2.75. The van der Waals surface area contributed by atoms with Crippen LogP contribution in [-0.2, 0) is 17.7 Å². The third-order valence-corrected chi connectivity index (χ3v) is 2.72. The molecule has 2 N–H and O–H groups in total. The maximum absolute atomic E-state index is 5.72. The molecule has 2 rings (SSSR count). The lowest BCUT2D eigenvalue weighted by atomic mass is 10.0. The van der Waals surface area contributed by atoms with Crippen molar-refractivity contribution in [1.82, 2.24) is 0 Å². The van der Waals surface area contributed by atoms with Gasteiger partial charge in [0.1, 0.15) is 11.5 Å². The van der Waals surface area contributed by atoms with Crippen molar-refractivity contribution in [3.63, 3.8) is 0 Å². The lowest BCUT2D eigenvalue weighted by molar-refractivity contribution is 0.299. The van der Waals surface area contributed by atoms with E-state index < -0.39 is 0 Å². The molecular weight excluding hydrogens is 202 g/mol. The fraction of sp³-hybridized carbons (Fsp3) is 0.385. The summed E-state index contributed by atoms with van der Waals surface area (Å²) in [7, 11) is 0. The van der Waals surface area contributed by atoms with Crippen molar-refractivity contribution in [2.45, 2.75) is 19.9 Å². The zero-order valence-electron chi connectivity index (χ0n) is 9.58. The SMILES string of the molecule is C=C(OCC)c1cc(CN)c2c(c1)CCO2. The second-order valence-electron chi connectivity index (χ2n) is 3.78. The van der Waals surface area contributed by atoms with Gasteiger partial charge in [0.25, 0.3) is 0 Å². The van der Waals surface area contributed by atoms with Crippen molar-refractivity contribution in [2.75, 3.05) is 13.2 Å². The Hall–Kier alpha value is -1.48. The maximum atomic E-state index is 5.72. The quantitative estimate of drug-likeness (QED) is 0.789. The molecule has 0 radical (unpaired) electrons. The molecule has 1 aliphatic rings. The van der Waals surface area contributed by atoms with E-state index in [1.807, 2.05) is 13.0 Å². The third kappa shape index (κ3) is 1.91. The minimum Gasteiger partial charge on any atom is -0.494 e. The molecule has 0 aliphatic carbocycles. The zero-order valence-corrected chi connectivity index (χ0v) is 9.58. The first-order chi connectivity index (χ1) is 7.76. The van der Waals surface area contributed by atoms with Crippen LogP contribution in [0.4, 0.5) is 0 Å². The molecule has 1 aromatic rings. The Bertz CT molecular complexity index is 413. The fourth-order valence-corrected chi connectivity index (χ4v) is 1.96. The molecule has 0 atom stereocenters. The van der Waals surface area contributed by atoms with Gasteiger partial charge in [-0.3, -0.25) is 0 Å². The standard InChI is InChI=1S/C13H17NO2/c1-3-15-9(2)11-6-10-4-5-16-13(10)12(7-11)8-14/h6-7H,2-5,8,14H2,1H3. The van der Waals surface area contributed by atoms with Crippen LogP contribution >= 0.6 is 0 Å². The molecule has 0 aromatic heterocycles. The highest BCUT2D eigenvalue weighted by molar-refractivity contribution is 5.62. The van der Waals surface area contributed by atoms with Crippen LogP contribution in [0.5, 0.6) is 5.75 Å². The molecule has 1 heterocycles. The Balaban J connectivity index is 2.38. The van der Waals surface area contributed by atoms with Crippen molar-refractivity contribution < 1.29 is 9.47 Å². The lowest BCUT2D eigenvalue weighted by Gasteiger charge is -2.11. The second-order valence-corrected chi connectivity index (χ2v) is 3.78. The Morgan fingerprint density at radius 1 is 1.56 bits per heavy atom. The minimum absolute atomic E-state index is 0.482. The number of rotatable bonds is 4. The minimum atomic E-state index is 0.482. The molecule has 0 bridgehead atoms. The lowest BCUT2D eigenvalue weighted by Crippen LogP contribution is -2.01. The molecule has 1 aromatic carbocycles. The first-order valence-electron chi connectivity index (χ1n) is 5.57. The Morgan fingerprint density at radius 2 is 2.38 bits per heavy atom. The Labute approximate surface area is 95.9 Å². The fourth-order valence-electron chi connectivity index (χ4n) is 1.96. The van der Waals surface area contributed by atoms with Gasteiger partial charge >= 0.3 is 0 Å². The van der Waals surface area contributed by atoms with Crippen LogP contribution in [0.3, 0.4) is 0 Å². The molecule has 3 heteroatoms. The van der Waals surface area contributed by atoms with Crippen molar-refractivity contribution in [3.8, 4) is 5.75 Å². The predicted octanol–water partition coefficient (Wildman–Crippen LogP) is 2.09. The average molecular weight is 219 g/mol. The van der Waals surface area contributed by atoms with Gasteiger partial charge in [-0.15, -0.1) is 0 Å². The van der Waals surface area contributed by atoms with Crippen LogP contribution in [0.1, 0.15) is 23.6 Å². The normalized spacial score (nSPS) is 13.1. The van der Waals surface area contributed by atoms with Gasteiger partial charge < -0.3 is 15.2 Å². The summed E-state index contributed by atoms with van der Waals surface area (Å²) in [6, 6.07) is 4.08. The summed E-state index contributed by atoms with van der Waals surface area (Å²) in [5.74, 6) is 1.66. The van der Waals surface area contributed by atoms with Crippen molar-refractivity contribution in [2.24, 2.45) is 5.73 Å². The van der Waals surface area contributed by atoms with E-state index in [4.69, 9.17) is 15.2 Å². The predicted molar refractivity (Wildman–Crippen MR) is 64.2 cm³/mol. The molecule has 0 amide bonds. The van der Waals surface area contributed by atoms with Gasteiger partial charge in [-0.2, -0.15) is 0 Å². The van der Waals surface area contributed by atoms with E-state index in [1.54, 1.807) is 0 Å². The van der Waals surface area contributed by atoms with Crippen LogP contribution in [-0.4, -0.2) is 13.2 Å². The summed E-state index contributed by atoms with van der Waals surface area (Å²) >= 11 is 0. The second kappa shape index (κ2) is 4.58. The van der Waals surface area contributed by atoms with Gasteiger partial charge in [0.05, 0.1) is 13.2 Å². The Kier molecular flexibility index (Phi) is 3.15. The maximum Gasteiger partial charge on any atom is 0.127 e. The smallest absolute Gasteiger partial charge is 0.127 e. The number of nitrogens with two attached hydrogens (primary N) is 1. The first-order valence-corrected chi connectivity index (χ1v) is 5.57. The van der Waals surface area contributed by atoms with Crippen LogP contribution in [0, 0.1) is 0 Å². The van der Waals surface area contributed by atoms with E-state index in [0.717, 1.165) is 29.9 Å². The van der Waals surface area contributed by atoms with Gasteiger partial charge in [0.2, 0.25) is 0 Å². The molecule has 3 nitrogen and oxygen atoms in total. The molecule has 86 valence electrons. The van der Waals surface area contributed by atoms with E-state index in [9.17, 15) is 0 Å². The summed E-state index contributed by atoms with van der Waals surface area (Å²) in [6.45, 7) is 7.72. The van der Waals surface area contributed by atoms with Gasteiger partial charge in [-0.05, 0) is 24.6 Å². The van der Waals surface area contributed by atoms with Crippen LogP contribution in [0.2, 0.25) is 0 Å². The van der Waals surface area contributed by atoms with Crippen molar-refractivity contribution >= 4 is 5.76 Å². The monoisotopic (exact) mass is 219 g/mol. The largest absolute Gasteiger partial charge is 0.494 e. The topological polar surface area (TPSA) is 44.5 Å². The van der Waals surface area contributed by atoms with Gasteiger partial charge in [0, 0.05) is 24.1 Å². The highest BCUT2D eigenvalue weighted by atomic mass is 16.5. The molecule has 16 heavy (non-hydrogen) atoms. The van der Waals surface area contributed by atoms with Crippen LogP contribution in [0.15, 0.2) is 18.7 Å². The van der Waals surface area contributed by atoms with Crippen LogP contribution < -0.4 is 10.5 Å². The molecule has 0 spiro atoms. The molecular formula is C13H17NO2. The molecule has 0 unspecified atom stereocenters. The number of hydrogen-bond donors (Lipinski definition) is 1. The van der Waals surface area contributed by atoms with E-state index in [1.165, 1.54) is 5.56 Å². The number of fused-ring (bicyclic) bond motifs is 1. The number of benzene rings is 1. The summed E-state index contributed by atoms with van der Waals surface area (Å²) in [4.78, 5) is 0. The molecule has 0 saturated heterocycles. The molecule has 1 aliphatic heterocycles. The third-order valence-electron chi connectivity index (χ3n) is 2.72. The van der Waals surface area contributed by atoms with Gasteiger partial charge in [-0.1, -0.05) is 6.58 Å². The number of hydrogen-bond acceptors (Lipinski definition) is 3. The van der Waals surface area contributed by atoms with Crippen LogP contribution in [0.25, 0.3) is 5.76 Å². The summed E-state index contributed by atoms with van der Waals surface area (Å²) in [6.07, 6.45) is 0.940. The van der Waals surface area contributed by atoms with Gasteiger partial charge in [-0.25, -0.2) is 0 Å². The molecule has 0 fully saturated rings. The van der Waals surface area contributed by atoms with E-state index in [0.29, 0.717) is 18.9 Å². The van der Waals surface area contributed by atoms with E-state index in [2.05, 4.69) is 12.6 Å². The highest BCUT2D eigenvalue weighted by Crippen LogP contribution is 2.32.